The highest BCUT2D eigenvalue weighted by Crippen LogP contribution is 2.31. The fourth-order valence-corrected chi connectivity index (χ4v) is 4.03. The number of anilines is 1. The molecule has 4 heteroatoms. The number of halogens is 1. The number of piperazine rings is 1. The van der Waals surface area contributed by atoms with Gasteiger partial charge in [-0.2, -0.15) is 0 Å². The van der Waals surface area contributed by atoms with Gasteiger partial charge in [0.25, 0.3) is 0 Å². The van der Waals surface area contributed by atoms with Crippen molar-refractivity contribution in [3.63, 3.8) is 0 Å². The molecule has 0 bridgehead atoms. The normalized spacial score (nSPS) is 27.7. The zero-order valence-electron chi connectivity index (χ0n) is 13.1. The van der Waals surface area contributed by atoms with Crippen molar-refractivity contribution < 1.29 is 0 Å². The minimum absolute atomic E-state index is 0.148. The van der Waals surface area contributed by atoms with Crippen molar-refractivity contribution in [3.05, 3.63) is 28.8 Å². The third-order valence-electron chi connectivity index (χ3n) is 4.85. The smallest absolute Gasteiger partial charge is 0.0459 e. The Morgan fingerprint density at radius 3 is 2.90 bits per heavy atom. The van der Waals surface area contributed by atoms with E-state index in [-0.39, 0.29) is 6.04 Å². The Hall–Kier alpha value is -0.770. The molecule has 3 atom stereocenters. The zero-order valence-corrected chi connectivity index (χ0v) is 13.8. The van der Waals surface area contributed by atoms with E-state index in [1.165, 1.54) is 31.6 Å². The number of nitrogens with two attached hydrogens (primary N) is 1. The molecular weight excluding hydrogens is 282 g/mol. The molecule has 21 heavy (non-hydrogen) atoms. The number of hydrogen-bond acceptors (Lipinski definition) is 3. The first-order valence-electron chi connectivity index (χ1n) is 8.09. The summed E-state index contributed by atoms with van der Waals surface area (Å²) < 4.78 is 0. The van der Waals surface area contributed by atoms with Crippen LogP contribution in [0.15, 0.2) is 18.2 Å². The van der Waals surface area contributed by atoms with Gasteiger partial charge in [0.05, 0.1) is 0 Å². The van der Waals surface area contributed by atoms with Gasteiger partial charge in [-0.25, -0.2) is 0 Å². The van der Waals surface area contributed by atoms with Gasteiger partial charge in [-0.1, -0.05) is 17.7 Å². The van der Waals surface area contributed by atoms with Gasteiger partial charge in [0.15, 0.2) is 0 Å². The molecule has 0 spiro atoms. The third kappa shape index (κ3) is 3.20. The second-order valence-electron chi connectivity index (χ2n) is 6.75. The molecular formula is C17H26ClN3. The molecule has 0 saturated carbocycles. The van der Waals surface area contributed by atoms with E-state index in [2.05, 4.69) is 34.9 Å². The fraction of sp³-hybridized carbons (Fsp3) is 0.647. The van der Waals surface area contributed by atoms with Crippen molar-refractivity contribution in [1.82, 2.24) is 4.90 Å². The van der Waals surface area contributed by atoms with E-state index in [0.29, 0.717) is 6.04 Å². The second-order valence-corrected chi connectivity index (χ2v) is 7.16. The molecule has 2 aliphatic rings. The molecule has 116 valence electrons. The average Bonchev–Trinajstić information content (AvgIpc) is 2.86. The molecule has 2 saturated heterocycles. The van der Waals surface area contributed by atoms with Crippen LogP contribution >= 0.6 is 11.6 Å². The summed E-state index contributed by atoms with van der Waals surface area (Å²) in [6, 6.07) is 7.91. The van der Waals surface area contributed by atoms with Gasteiger partial charge in [-0.15, -0.1) is 0 Å². The summed E-state index contributed by atoms with van der Waals surface area (Å²) in [6.45, 7) is 7.91. The lowest BCUT2D eigenvalue weighted by atomic mass is 10.0. The average molecular weight is 308 g/mol. The molecule has 2 heterocycles. The quantitative estimate of drug-likeness (QED) is 0.932. The van der Waals surface area contributed by atoms with Crippen molar-refractivity contribution in [2.24, 2.45) is 5.73 Å². The van der Waals surface area contributed by atoms with Crippen LogP contribution in [0, 0.1) is 0 Å². The predicted molar refractivity (Wildman–Crippen MR) is 90.2 cm³/mol. The number of rotatable bonds is 3. The van der Waals surface area contributed by atoms with Crippen LogP contribution in [0.5, 0.6) is 0 Å². The van der Waals surface area contributed by atoms with Crippen LogP contribution in [-0.4, -0.2) is 42.7 Å². The minimum Gasteiger partial charge on any atom is -0.366 e. The fourth-order valence-electron chi connectivity index (χ4n) is 3.77. The van der Waals surface area contributed by atoms with E-state index < -0.39 is 0 Å². The highest BCUT2D eigenvalue weighted by atomic mass is 35.5. The molecule has 3 nitrogen and oxygen atoms in total. The summed E-state index contributed by atoms with van der Waals surface area (Å²) >= 11 is 6.46. The lowest BCUT2D eigenvalue weighted by molar-refractivity contribution is 0.203. The molecule has 3 unspecified atom stereocenters. The van der Waals surface area contributed by atoms with Crippen LogP contribution in [0.3, 0.4) is 0 Å². The Bertz CT molecular complexity index is 503. The first kappa shape index (κ1) is 15.1. The van der Waals surface area contributed by atoms with Crippen molar-refractivity contribution in [2.75, 3.05) is 24.5 Å². The van der Waals surface area contributed by atoms with Crippen LogP contribution in [0.25, 0.3) is 0 Å². The Morgan fingerprint density at radius 1 is 1.38 bits per heavy atom. The van der Waals surface area contributed by atoms with Gasteiger partial charge >= 0.3 is 0 Å². The zero-order chi connectivity index (χ0) is 15.0. The van der Waals surface area contributed by atoms with E-state index in [4.69, 9.17) is 17.3 Å². The molecule has 3 rings (SSSR count). The van der Waals surface area contributed by atoms with E-state index in [9.17, 15) is 0 Å². The molecule has 2 fully saturated rings. The summed E-state index contributed by atoms with van der Waals surface area (Å²) in [7, 11) is 0. The first-order chi connectivity index (χ1) is 10.0. The molecule has 2 aliphatic heterocycles. The van der Waals surface area contributed by atoms with Gasteiger partial charge < -0.3 is 10.6 Å². The highest BCUT2D eigenvalue weighted by molar-refractivity contribution is 6.31. The van der Waals surface area contributed by atoms with Crippen LogP contribution in [0.2, 0.25) is 5.02 Å². The summed E-state index contributed by atoms with van der Waals surface area (Å²) in [4.78, 5) is 5.17. The Kier molecular flexibility index (Phi) is 4.43. The molecule has 2 N–H and O–H groups in total. The Balaban J connectivity index is 1.78. The van der Waals surface area contributed by atoms with Gasteiger partial charge in [-0.05, 0) is 57.4 Å². The maximum Gasteiger partial charge on any atom is 0.0459 e. The molecule has 0 aliphatic carbocycles. The summed E-state index contributed by atoms with van der Waals surface area (Å²) in [5, 5.41) is 0.853. The molecule has 1 aromatic rings. The SMILES string of the molecule is CC(N)Cc1ccc(N2CC3CCCN3CC2C)cc1Cl. The number of fused-ring (bicyclic) bond motifs is 1. The van der Waals surface area contributed by atoms with Crippen LogP contribution in [0.4, 0.5) is 5.69 Å². The van der Waals surface area contributed by atoms with E-state index in [0.717, 1.165) is 29.6 Å². The number of nitrogens with zero attached hydrogens (tertiary/aromatic N) is 2. The van der Waals surface area contributed by atoms with Gasteiger partial charge in [0.2, 0.25) is 0 Å². The predicted octanol–water partition coefficient (Wildman–Crippen LogP) is 2.90. The summed E-state index contributed by atoms with van der Waals surface area (Å²) in [5.41, 5.74) is 8.29. The monoisotopic (exact) mass is 307 g/mol. The van der Waals surface area contributed by atoms with Crippen molar-refractivity contribution in [3.8, 4) is 0 Å². The number of benzene rings is 1. The van der Waals surface area contributed by atoms with Gasteiger partial charge in [-0.3, -0.25) is 4.90 Å². The molecule has 0 radical (unpaired) electrons. The van der Waals surface area contributed by atoms with Gasteiger partial charge in [0.1, 0.15) is 0 Å². The molecule has 0 amide bonds. The summed E-state index contributed by atoms with van der Waals surface area (Å²) in [5.74, 6) is 0. The Labute approximate surface area is 133 Å². The van der Waals surface area contributed by atoms with Crippen LogP contribution in [0.1, 0.15) is 32.3 Å². The largest absolute Gasteiger partial charge is 0.366 e. The van der Waals surface area contributed by atoms with Gasteiger partial charge in [0, 0.05) is 41.9 Å². The first-order valence-corrected chi connectivity index (χ1v) is 8.47. The minimum atomic E-state index is 0.148. The molecule has 0 aromatic heterocycles. The highest BCUT2D eigenvalue weighted by Gasteiger charge is 2.34. The maximum atomic E-state index is 6.46. The third-order valence-corrected chi connectivity index (χ3v) is 5.20. The van der Waals surface area contributed by atoms with E-state index in [1.807, 2.05) is 6.92 Å². The van der Waals surface area contributed by atoms with E-state index >= 15 is 0 Å². The second kappa shape index (κ2) is 6.15. The van der Waals surface area contributed by atoms with Crippen molar-refractivity contribution in [2.45, 2.75) is 51.2 Å². The van der Waals surface area contributed by atoms with Crippen LogP contribution in [-0.2, 0) is 6.42 Å². The molecule has 1 aromatic carbocycles. The van der Waals surface area contributed by atoms with Crippen molar-refractivity contribution >= 4 is 17.3 Å². The Morgan fingerprint density at radius 2 is 2.19 bits per heavy atom. The topological polar surface area (TPSA) is 32.5 Å². The number of hydrogen-bond donors (Lipinski definition) is 1. The van der Waals surface area contributed by atoms with E-state index in [1.54, 1.807) is 0 Å². The lowest BCUT2D eigenvalue weighted by Gasteiger charge is -2.43. The lowest BCUT2D eigenvalue weighted by Crippen LogP contribution is -2.55. The van der Waals surface area contributed by atoms with Crippen LogP contribution < -0.4 is 10.6 Å². The maximum absolute atomic E-state index is 6.46. The van der Waals surface area contributed by atoms with Crippen molar-refractivity contribution in [1.29, 1.82) is 0 Å². The standard InChI is InChI=1S/C17H26ClN3/c1-12(19)8-14-5-6-15(9-17(14)18)21-11-16-4-3-7-20(16)10-13(21)2/h5-6,9,12-13,16H,3-4,7-8,10-11,19H2,1-2H3. The summed E-state index contributed by atoms with van der Waals surface area (Å²) in [6.07, 6.45) is 3.52.